The van der Waals surface area contributed by atoms with Gasteiger partial charge in [-0.2, -0.15) is 0 Å². The highest BCUT2D eigenvalue weighted by molar-refractivity contribution is 5.79. The van der Waals surface area contributed by atoms with Crippen molar-refractivity contribution in [2.24, 2.45) is 5.92 Å². The minimum Gasteiger partial charge on any atom is -0.493 e. The van der Waals surface area contributed by atoms with Gasteiger partial charge in [-0.1, -0.05) is 12.1 Å². The number of amides is 1. The van der Waals surface area contributed by atoms with E-state index in [-0.39, 0.29) is 18.4 Å². The minimum atomic E-state index is -0.825. The monoisotopic (exact) mass is 291 g/mol. The third kappa shape index (κ3) is 3.74. The molecule has 1 aliphatic rings. The van der Waals surface area contributed by atoms with Gasteiger partial charge in [0.1, 0.15) is 5.75 Å². The molecule has 2 atom stereocenters. The first-order valence-corrected chi connectivity index (χ1v) is 7.21. The molecule has 5 nitrogen and oxygen atoms in total. The van der Waals surface area contributed by atoms with Gasteiger partial charge in [-0.05, 0) is 38.0 Å². The third-order valence-corrected chi connectivity index (χ3v) is 3.97. The number of carbonyl (C=O) groups is 2. The standard InChI is InChI=1S/C16H21NO4/c1-11-4-3-5-13(10-11)21-9-7-15(18)17-8-6-14(12(17)2)16(19)20/h3-5,10,12,14H,6-9H2,1-2H3,(H,19,20). The molecule has 1 aromatic rings. The van der Waals surface area contributed by atoms with Gasteiger partial charge in [0.15, 0.2) is 0 Å². The van der Waals surface area contributed by atoms with E-state index in [0.29, 0.717) is 19.6 Å². The van der Waals surface area contributed by atoms with Crippen LogP contribution in [0.2, 0.25) is 0 Å². The summed E-state index contributed by atoms with van der Waals surface area (Å²) in [5, 5.41) is 9.07. The van der Waals surface area contributed by atoms with Crippen molar-refractivity contribution in [3.63, 3.8) is 0 Å². The summed E-state index contributed by atoms with van der Waals surface area (Å²) in [5.74, 6) is -0.569. The van der Waals surface area contributed by atoms with E-state index < -0.39 is 11.9 Å². The van der Waals surface area contributed by atoms with Gasteiger partial charge in [-0.25, -0.2) is 0 Å². The highest BCUT2D eigenvalue weighted by atomic mass is 16.5. The zero-order chi connectivity index (χ0) is 15.4. The van der Waals surface area contributed by atoms with Crippen molar-refractivity contribution in [1.82, 2.24) is 4.90 Å². The Balaban J connectivity index is 1.81. The second kappa shape index (κ2) is 6.61. The molecule has 114 valence electrons. The first-order valence-electron chi connectivity index (χ1n) is 7.21. The molecule has 2 rings (SSSR count). The summed E-state index contributed by atoms with van der Waals surface area (Å²) in [6.07, 6.45) is 0.797. The minimum absolute atomic E-state index is 0.0427. The molecule has 1 saturated heterocycles. The van der Waals surface area contributed by atoms with E-state index in [2.05, 4.69) is 0 Å². The smallest absolute Gasteiger partial charge is 0.308 e. The normalized spacial score (nSPS) is 21.3. The van der Waals surface area contributed by atoms with Crippen LogP contribution >= 0.6 is 0 Å². The fraction of sp³-hybridized carbons (Fsp3) is 0.500. The second-order valence-corrected chi connectivity index (χ2v) is 5.48. The lowest BCUT2D eigenvalue weighted by atomic mass is 10.0. The largest absolute Gasteiger partial charge is 0.493 e. The number of rotatable bonds is 5. The first kappa shape index (κ1) is 15.4. The molecule has 0 bridgehead atoms. The number of aliphatic carboxylic acids is 1. The van der Waals surface area contributed by atoms with Crippen LogP contribution in [0, 0.1) is 12.8 Å². The van der Waals surface area contributed by atoms with Crippen LogP contribution in [0.25, 0.3) is 0 Å². The van der Waals surface area contributed by atoms with Gasteiger partial charge in [0.25, 0.3) is 0 Å². The average Bonchev–Trinajstić information content (AvgIpc) is 2.80. The lowest BCUT2D eigenvalue weighted by Gasteiger charge is -2.23. The maximum atomic E-state index is 12.1. The predicted molar refractivity (Wildman–Crippen MR) is 78.2 cm³/mol. The lowest BCUT2D eigenvalue weighted by molar-refractivity contribution is -0.143. The third-order valence-electron chi connectivity index (χ3n) is 3.97. The van der Waals surface area contributed by atoms with Crippen LogP contribution in [-0.4, -0.2) is 41.1 Å². The Morgan fingerprint density at radius 1 is 1.43 bits per heavy atom. The highest BCUT2D eigenvalue weighted by Crippen LogP contribution is 2.25. The van der Waals surface area contributed by atoms with Gasteiger partial charge in [0.2, 0.25) is 5.91 Å². The van der Waals surface area contributed by atoms with Crippen LogP contribution in [0.3, 0.4) is 0 Å². The summed E-state index contributed by atoms with van der Waals surface area (Å²) in [5.41, 5.74) is 1.11. The molecule has 0 saturated carbocycles. The van der Waals surface area contributed by atoms with E-state index in [4.69, 9.17) is 9.84 Å². The Morgan fingerprint density at radius 2 is 2.19 bits per heavy atom. The number of nitrogens with zero attached hydrogens (tertiary/aromatic N) is 1. The number of benzene rings is 1. The van der Waals surface area contributed by atoms with Gasteiger partial charge in [0, 0.05) is 12.6 Å². The van der Waals surface area contributed by atoms with E-state index in [1.165, 1.54) is 0 Å². The zero-order valence-corrected chi connectivity index (χ0v) is 12.4. The molecule has 0 aliphatic carbocycles. The van der Waals surface area contributed by atoms with Crippen LogP contribution in [0.1, 0.15) is 25.3 Å². The Kier molecular flexibility index (Phi) is 4.83. The summed E-state index contributed by atoms with van der Waals surface area (Å²) in [4.78, 5) is 24.8. The maximum absolute atomic E-state index is 12.1. The molecular weight excluding hydrogens is 270 g/mol. The quantitative estimate of drug-likeness (QED) is 0.902. The summed E-state index contributed by atoms with van der Waals surface area (Å²) in [6, 6.07) is 7.43. The molecule has 1 amide bonds. The Hall–Kier alpha value is -2.04. The topological polar surface area (TPSA) is 66.8 Å². The average molecular weight is 291 g/mol. The van der Waals surface area contributed by atoms with E-state index in [1.54, 1.807) is 11.8 Å². The van der Waals surface area contributed by atoms with E-state index in [9.17, 15) is 9.59 Å². The Morgan fingerprint density at radius 3 is 2.81 bits per heavy atom. The number of carbonyl (C=O) groups excluding carboxylic acids is 1. The molecule has 5 heteroatoms. The van der Waals surface area contributed by atoms with Gasteiger partial charge in [0.05, 0.1) is 18.9 Å². The molecule has 1 fully saturated rings. The fourth-order valence-corrected chi connectivity index (χ4v) is 2.73. The lowest BCUT2D eigenvalue weighted by Crippen LogP contribution is -2.38. The number of hydrogen-bond acceptors (Lipinski definition) is 3. The van der Waals surface area contributed by atoms with Crippen molar-refractivity contribution in [1.29, 1.82) is 0 Å². The van der Waals surface area contributed by atoms with Crippen LogP contribution in [0.5, 0.6) is 5.75 Å². The molecule has 1 aliphatic heterocycles. The van der Waals surface area contributed by atoms with Gasteiger partial charge in [-0.15, -0.1) is 0 Å². The summed E-state index contributed by atoms with van der Waals surface area (Å²) in [7, 11) is 0. The molecule has 1 N–H and O–H groups in total. The van der Waals surface area contributed by atoms with Crippen LogP contribution in [0.4, 0.5) is 0 Å². The van der Waals surface area contributed by atoms with Crippen molar-refractivity contribution in [3.05, 3.63) is 29.8 Å². The van der Waals surface area contributed by atoms with Crippen LogP contribution in [0.15, 0.2) is 24.3 Å². The first-order chi connectivity index (χ1) is 9.99. The number of hydrogen-bond donors (Lipinski definition) is 1. The maximum Gasteiger partial charge on any atom is 0.308 e. The number of aryl methyl sites for hydroxylation is 1. The molecule has 21 heavy (non-hydrogen) atoms. The number of likely N-dealkylation sites (tertiary alicyclic amines) is 1. The summed E-state index contributed by atoms with van der Waals surface area (Å²) < 4.78 is 5.56. The van der Waals surface area contributed by atoms with E-state index in [1.807, 2.05) is 31.2 Å². The fourth-order valence-electron chi connectivity index (χ4n) is 2.73. The van der Waals surface area contributed by atoms with Crippen molar-refractivity contribution < 1.29 is 19.4 Å². The Labute approximate surface area is 124 Å². The molecule has 2 unspecified atom stereocenters. The molecule has 1 aromatic carbocycles. The summed E-state index contributed by atoms with van der Waals surface area (Å²) >= 11 is 0. The van der Waals surface area contributed by atoms with Crippen molar-refractivity contribution in [2.45, 2.75) is 32.7 Å². The number of carboxylic acid groups (broad SMARTS) is 1. The van der Waals surface area contributed by atoms with Crippen molar-refractivity contribution in [3.8, 4) is 5.75 Å². The summed E-state index contributed by atoms with van der Waals surface area (Å²) in [6.45, 7) is 4.60. The van der Waals surface area contributed by atoms with Gasteiger partial charge in [-0.3, -0.25) is 9.59 Å². The second-order valence-electron chi connectivity index (χ2n) is 5.48. The number of carboxylic acids is 1. The zero-order valence-electron chi connectivity index (χ0n) is 12.4. The molecule has 1 heterocycles. The molecule has 0 radical (unpaired) electrons. The molecule has 0 aromatic heterocycles. The molecule has 0 spiro atoms. The highest BCUT2D eigenvalue weighted by Gasteiger charge is 2.37. The molecular formula is C16H21NO4. The Bertz CT molecular complexity index is 529. The van der Waals surface area contributed by atoms with Crippen LogP contribution in [-0.2, 0) is 9.59 Å². The SMILES string of the molecule is Cc1cccc(OCCC(=O)N2CCC(C(=O)O)C2C)c1. The van der Waals surface area contributed by atoms with Crippen molar-refractivity contribution in [2.75, 3.05) is 13.2 Å². The van der Waals surface area contributed by atoms with Crippen molar-refractivity contribution >= 4 is 11.9 Å². The number of ether oxygens (including phenoxy) is 1. The van der Waals surface area contributed by atoms with Gasteiger partial charge >= 0.3 is 5.97 Å². The van der Waals surface area contributed by atoms with Gasteiger partial charge < -0.3 is 14.7 Å². The van der Waals surface area contributed by atoms with E-state index in [0.717, 1.165) is 11.3 Å². The van der Waals surface area contributed by atoms with E-state index >= 15 is 0 Å². The predicted octanol–water partition coefficient (Wildman–Crippen LogP) is 2.09. The van der Waals surface area contributed by atoms with Crippen LogP contribution < -0.4 is 4.74 Å².